The molecule has 3 atom stereocenters. The van der Waals surface area contributed by atoms with Gasteiger partial charge >= 0.3 is 5.97 Å². The fraction of sp³-hybridized carbons (Fsp3) is 0.500. The predicted octanol–water partition coefficient (Wildman–Crippen LogP) is 3.17. The molecule has 1 aliphatic rings. The van der Waals surface area contributed by atoms with Crippen molar-refractivity contribution in [1.82, 2.24) is 4.90 Å². The van der Waals surface area contributed by atoms with E-state index in [0.717, 1.165) is 0 Å². The zero-order valence-electron chi connectivity index (χ0n) is 13.2. The standard InChI is InChI=1S/C16H19Cl2NO4/c1-9-7-19(8-10(2)22-9)15(20)11(3)23-16(21)13-5-4-12(17)6-14(13)18/h4-6,9-11H,7-8H2,1-3H3. The highest BCUT2D eigenvalue weighted by molar-refractivity contribution is 6.36. The molecule has 5 nitrogen and oxygen atoms in total. The van der Waals surface area contributed by atoms with Gasteiger partial charge in [-0.05, 0) is 39.0 Å². The number of hydrogen-bond acceptors (Lipinski definition) is 4. The van der Waals surface area contributed by atoms with Gasteiger partial charge in [-0.2, -0.15) is 0 Å². The van der Waals surface area contributed by atoms with Crippen molar-refractivity contribution < 1.29 is 19.1 Å². The summed E-state index contributed by atoms with van der Waals surface area (Å²) < 4.78 is 10.8. The number of halogens is 2. The number of nitrogens with zero attached hydrogens (tertiary/aromatic N) is 1. The number of rotatable bonds is 3. The maximum absolute atomic E-state index is 12.4. The number of benzene rings is 1. The Labute approximate surface area is 145 Å². The lowest BCUT2D eigenvalue weighted by atomic mass is 10.2. The van der Waals surface area contributed by atoms with Crippen molar-refractivity contribution >= 4 is 35.1 Å². The molecule has 1 fully saturated rings. The Kier molecular flexibility index (Phi) is 5.89. The second-order valence-corrected chi connectivity index (χ2v) is 6.52. The van der Waals surface area contributed by atoms with Crippen molar-refractivity contribution in [2.24, 2.45) is 0 Å². The van der Waals surface area contributed by atoms with Gasteiger partial charge in [-0.15, -0.1) is 0 Å². The summed E-state index contributed by atoms with van der Waals surface area (Å²) in [5.74, 6) is -0.896. The SMILES string of the molecule is CC1CN(C(=O)C(C)OC(=O)c2ccc(Cl)cc2Cl)CC(C)O1. The van der Waals surface area contributed by atoms with Gasteiger partial charge in [0.15, 0.2) is 6.10 Å². The summed E-state index contributed by atoms with van der Waals surface area (Å²) >= 11 is 11.8. The monoisotopic (exact) mass is 359 g/mol. The molecule has 0 aromatic heterocycles. The normalized spacial score (nSPS) is 22.6. The van der Waals surface area contributed by atoms with Crippen LogP contribution >= 0.6 is 23.2 Å². The minimum Gasteiger partial charge on any atom is -0.449 e. The molecule has 2 rings (SSSR count). The highest BCUT2D eigenvalue weighted by Gasteiger charge is 2.30. The van der Waals surface area contributed by atoms with Crippen molar-refractivity contribution in [3.63, 3.8) is 0 Å². The van der Waals surface area contributed by atoms with Crippen LogP contribution in [0.5, 0.6) is 0 Å². The zero-order valence-corrected chi connectivity index (χ0v) is 14.7. The van der Waals surface area contributed by atoms with Crippen LogP contribution in [0.3, 0.4) is 0 Å². The molecule has 7 heteroatoms. The predicted molar refractivity (Wildman–Crippen MR) is 87.9 cm³/mol. The number of carbonyl (C=O) groups is 2. The van der Waals surface area contributed by atoms with E-state index < -0.39 is 12.1 Å². The van der Waals surface area contributed by atoms with Crippen molar-refractivity contribution in [3.8, 4) is 0 Å². The fourth-order valence-electron chi connectivity index (χ4n) is 2.54. The summed E-state index contributed by atoms with van der Waals surface area (Å²) in [5.41, 5.74) is 0.180. The van der Waals surface area contributed by atoms with Gasteiger partial charge in [0.05, 0.1) is 22.8 Å². The van der Waals surface area contributed by atoms with E-state index in [9.17, 15) is 9.59 Å². The first-order valence-corrected chi connectivity index (χ1v) is 8.13. The Hall–Kier alpha value is -1.30. The van der Waals surface area contributed by atoms with Crippen LogP contribution in [-0.2, 0) is 14.3 Å². The third-order valence-electron chi connectivity index (χ3n) is 3.51. The van der Waals surface area contributed by atoms with E-state index in [-0.39, 0.29) is 28.7 Å². The van der Waals surface area contributed by atoms with E-state index >= 15 is 0 Å². The average Bonchev–Trinajstić information content (AvgIpc) is 2.45. The highest BCUT2D eigenvalue weighted by atomic mass is 35.5. The largest absolute Gasteiger partial charge is 0.449 e. The van der Waals surface area contributed by atoms with E-state index in [1.807, 2.05) is 13.8 Å². The number of morpholine rings is 1. The van der Waals surface area contributed by atoms with E-state index in [4.69, 9.17) is 32.7 Å². The maximum Gasteiger partial charge on any atom is 0.340 e. The second-order valence-electron chi connectivity index (χ2n) is 5.67. The van der Waals surface area contributed by atoms with Gasteiger partial charge in [0.2, 0.25) is 0 Å². The molecular formula is C16H19Cl2NO4. The van der Waals surface area contributed by atoms with E-state index in [1.54, 1.807) is 17.9 Å². The molecule has 0 bridgehead atoms. The number of carbonyl (C=O) groups excluding carboxylic acids is 2. The summed E-state index contributed by atoms with van der Waals surface area (Å²) in [6.45, 7) is 6.31. The highest BCUT2D eigenvalue weighted by Crippen LogP contribution is 2.22. The van der Waals surface area contributed by atoms with Crippen LogP contribution in [0.25, 0.3) is 0 Å². The Morgan fingerprint density at radius 3 is 2.43 bits per heavy atom. The van der Waals surface area contributed by atoms with E-state index in [1.165, 1.54) is 12.1 Å². The Morgan fingerprint density at radius 1 is 1.26 bits per heavy atom. The smallest absolute Gasteiger partial charge is 0.340 e. The molecule has 1 aliphatic heterocycles. The molecule has 0 spiro atoms. The fourth-order valence-corrected chi connectivity index (χ4v) is 3.03. The van der Waals surface area contributed by atoms with Crippen LogP contribution in [0.15, 0.2) is 18.2 Å². The molecule has 0 saturated carbocycles. The number of esters is 1. The van der Waals surface area contributed by atoms with E-state index in [0.29, 0.717) is 18.1 Å². The lowest BCUT2D eigenvalue weighted by Crippen LogP contribution is -2.51. The molecule has 0 radical (unpaired) electrons. The Balaban J connectivity index is 2.01. The molecule has 1 heterocycles. The zero-order chi connectivity index (χ0) is 17.1. The molecule has 0 aliphatic carbocycles. The summed E-state index contributed by atoms with van der Waals surface area (Å²) in [6.07, 6.45) is -0.987. The van der Waals surface area contributed by atoms with Gasteiger partial charge in [0.25, 0.3) is 5.91 Å². The topological polar surface area (TPSA) is 55.8 Å². The summed E-state index contributed by atoms with van der Waals surface area (Å²) in [5, 5.41) is 0.614. The van der Waals surface area contributed by atoms with Gasteiger partial charge in [0.1, 0.15) is 0 Å². The Morgan fingerprint density at radius 2 is 1.87 bits per heavy atom. The number of hydrogen-bond donors (Lipinski definition) is 0. The Bertz CT molecular complexity index is 598. The van der Waals surface area contributed by atoms with Crippen molar-refractivity contribution in [1.29, 1.82) is 0 Å². The molecule has 3 unspecified atom stereocenters. The molecule has 0 N–H and O–H groups in total. The lowest BCUT2D eigenvalue weighted by Gasteiger charge is -2.36. The minimum atomic E-state index is -0.897. The summed E-state index contributed by atoms with van der Waals surface area (Å²) in [7, 11) is 0. The second kappa shape index (κ2) is 7.51. The van der Waals surface area contributed by atoms with Crippen LogP contribution in [0, 0.1) is 0 Å². The summed E-state index contributed by atoms with van der Waals surface area (Å²) in [4.78, 5) is 26.2. The molecule has 23 heavy (non-hydrogen) atoms. The first-order valence-electron chi connectivity index (χ1n) is 7.38. The van der Waals surface area contributed by atoms with Gasteiger partial charge in [0, 0.05) is 18.1 Å². The quantitative estimate of drug-likeness (QED) is 0.777. The van der Waals surface area contributed by atoms with Gasteiger partial charge in [-0.1, -0.05) is 23.2 Å². The first kappa shape index (κ1) is 18.0. The first-order chi connectivity index (χ1) is 10.8. The van der Waals surface area contributed by atoms with Crippen LogP contribution < -0.4 is 0 Å². The van der Waals surface area contributed by atoms with Crippen LogP contribution in [-0.4, -0.2) is 48.2 Å². The molecule has 1 saturated heterocycles. The molecule has 1 aromatic carbocycles. The van der Waals surface area contributed by atoms with Crippen LogP contribution in [0.2, 0.25) is 10.0 Å². The minimum absolute atomic E-state index is 0.0451. The number of ether oxygens (including phenoxy) is 2. The molecule has 1 amide bonds. The van der Waals surface area contributed by atoms with Crippen LogP contribution in [0.1, 0.15) is 31.1 Å². The third kappa shape index (κ3) is 4.59. The van der Waals surface area contributed by atoms with Crippen LogP contribution in [0.4, 0.5) is 0 Å². The molecular weight excluding hydrogens is 341 g/mol. The molecule has 126 valence electrons. The van der Waals surface area contributed by atoms with Crippen molar-refractivity contribution in [2.45, 2.75) is 39.1 Å². The molecule has 1 aromatic rings. The van der Waals surface area contributed by atoms with Gasteiger partial charge < -0.3 is 14.4 Å². The maximum atomic E-state index is 12.4. The summed E-state index contributed by atoms with van der Waals surface area (Å²) in [6, 6.07) is 4.47. The lowest BCUT2D eigenvalue weighted by molar-refractivity contribution is -0.151. The average molecular weight is 360 g/mol. The van der Waals surface area contributed by atoms with Crippen molar-refractivity contribution in [2.75, 3.05) is 13.1 Å². The number of amides is 1. The third-order valence-corrected chi connectivity index (χ3v) is 4.06. The van der Waals surface area contributed by atoms with Gasteiger partial charge in [-0.25, -0.2) is 4.79 Å². The van der Waals surface area contributed by atoms with Crippen molar-refractivity contribution in [3.05, 3.63) is 33.8 Å². The van der Waals surface area contributed by atoms with Gasteiger partial charge in [-0.3, -0.25) is 4.79 Å². The van der Waals surface area contributed by atoms with E-state index in [2.05, 4.69) is 0 Å².